The van der Waals surface area contributed by atoms with E-state index in [1.807, 2.05) is 23.6 Å². The predicted octanol–water partition coefficient (Wildman–Crippen LogP) is 2.52. The minimum absolute atomic E-state index is 0.0691. The number of piperidine rings is 1. The summed E-state index contributed by atoms with van der Waals surface area (Å²) in [5, 5.41) is 8.81. The fraction of sp³-hybridized carbons (Fsp3) is 0.412. The molecule has 0 spiro atoms. The van der Waals surface area contributed by atoms with Crippen LogP contribution >= 0.6 is 11.3 Å². The van der Waals surface area contributed by atoms with Crippen molar-refractivity contribution in [3.63, 3.8) is 0 Å². The van der Waals surface area contributed by atoms with Crippen LogP contribution < -0.4 is 20.1 Å². The van der Waals surface area contributed by atoms with Crippen LogP contribution in [0.2, 0.25) is 0 Å². The smallest absolute Gasteiger partial charge is 0.229 e. The summed E-state index contributed by atoms with van der Waals surface area (Å²) >= 11 is 1.44. The second-order valence-electron chi connectivity index (χ2n) is 5.91. The summed E-state index contributed by atoms with van der Waals surface area (Å²) in [6, 6.07) is 5.79. The third kappa shape index (κ3) is 3.22. The van der Waals surface area contributed by atoms with Gasteiger partial charge in [0.15, 0.2) is 16.6 Å². The van der Waals surface area contributed by atoms with Gasteiger partial charge >= 0.3 is 0 Å². The summed E-state index contributed by atoms with van der Waals surface area (Å²) in [7, 11) is 0. The quantitative estimate of drug-likeness (QED) is 0.894. The Balaban J connectivity index is 1.47. The number of ether oxygens (including phenoxy) is 2. The molecule has 4 rings (SSSR count). The maximum atomic E-state index is 12.3. The monoisotopic (exact) mass is 345 g/mol. The van der Waals surface area contributed by atoms with Gasteiger partial charge in [0.25, 0.3) is 0 Å². The SMILES string of the molecule is O=C(Nc1nc(-c2ccc3c(c2)OCCO3)cs1)C1CCNCC1. The number of nitrogens with one attached hydrogen (secondary N) is 2. The Kier molecular flexibility index (Phi) is 4.36. The van der Waals surface area contributed by atoms with E-state index in [1.54, 1.807) is 0 Å². The Bertz CT molecular complexity index is 740. The maximum absolute atomic E-state index is 12.3. The summed E-state index contributed by atoms with van der Waals surface area (Å²) in [6.45, 7) is 2.94. The van der Waals surface area contributed by atoms with Crippen molar-refractivity contribution in [2.24, 2.45) is 5.92 Å². The van der Waals surface area contributed by atoms with Crippen molar-refractivity contribution in [1.29, 1.82) is 0 Å². The van der Waals surface area contributed by atoms with Crippen LogP contribution in [0, 0.1) is 5.92 Å². The molecule has 0 unspecified atom stereocenters. The molecule has 24 heavy (non-hydrogen) atoms. The first-order valence-corrected chi connectivity index (χ1v) is 9.05. The average Bonchev–Trinajstić information content (AvgIpc) is 3.10. The Morgan fingerprint density at radius 2 is 2.00 bits per heavy atom. The van der Waals surface area contributed by atoms with Gasteiger partial charge in [-0.3, -0.25) is 4.79 Å². The molecular weight excluding hydrogens is 326 g/mol. The third-order valence-corrected chi connectivity index (χ3v) is 5.04. The lowest BCUT2D eigenvalue weighted by Crippen LogP contribution is -2.34. The first-order chi connectivity index (χ1) is 11.8. The number of hydrogen-bond acceptors (Lipinski definition) is 6. The van der Waals surface area contributed by atoms with Gasteiger partial charge in [0, 0.05) is 16.9 Å². The van der Waals surface area contributed by atoms with Crippen LogP contribution in [0.3, 0.4) is 0 Å². The molecule has 0 bridgehead atoms. The molecule has 0 atom stereocenters. The highest BCUT2D eigenvalue weighted by Crippen LogP contribution is 2.35. The number of benzene rings is 1. The van der Waals surface area contributed by atoms with Crippen LogP contribution in [0.4, 0.5) is 5.13 Å². The molecule has 1 aromatic carbocycles. The first-order valence-electron chi connectivity index (χ1n) is 8.17. The minimum atomic E-state index is 0.0691. The van der Waals surface area contributed by atoms with Crippen molar-refractivity contribution < 1.29 is 14.3 Å². The van der Waals surface area contributed by atoms with Gasteiger partial charge in [-0.1, -0.05) is 0 Å². The van der Waals surface area contributed by atoms with E-state index in [4.69, 9.17) is 9.47 Å². The zero-order chi connectivity index (χ0) is 16.4. The van der Waals surface area contributed by atoms with E-state index in [0.717, 1.165) is 48.7 Å². The first kappa shape index (κ1) is 15.4. The molecule has 126 valence electrons. The number of thiazole rings is 1. The second kappa shape index (κ2) is 6.78. The molecule has 1 aromatic heterocycles. The molecular formula is C17H19N3O3S. The van der Waals surface area contributed by atoms with Crippen molar-refractivity contribution in [3.8, 4) is 22.8 Å². The lowest BCUT2D eigenvalue weighted by Gasteiger charge is -2.21. The molecule has 2 N–H and O–H groups in total. The predicted molar refractivity (Wildman–Crippen MR) is 92.8 cm³/mol. The van der Waals surface area contributed by atoms with Crippen molar-refractivity contribution in [1.82, 2.24) is 10.3 Å². The number of carbonyl (C=O) groups excluding carboxylic acids is 1. The lowest BCUT2D eigenvalue weighted by molar-refractivity contribution is -0.120. The number of anilines is 1. The number of carbonyl (C=O) groups is 1. The Hall–Kier alpha value is -2.12. The van der Waals surface area contributed by atoms with E-state index in [9.17, 15) is 4.79 Å². The zero-order valence-electron chi connectivity index (χ0n) is 13.2. The summed E-state index contributed by atoms with van der Waals surface area (Å²) in [5.41, 5.74) is 1.79. The van der Waals surface area contributed by atoms with Crippen molar-refractivity contribution in [2.45, 2.75) is 12.8 Å². The summed E-state index contributed by atoms with van der Waals surface area (Å²) < 4.78 is 11.1. The van der Waals surface area contributed by atoms with Crippen LogP contribution in [0.15, 0.2) is 23.6 Å². The molecule has 0 aliphatic carbocycles. The Morgan fingerprint density at radius 3 is 2.83 bits per heavy atom. The van der Waals surface area contributed by atoms with Crippen LogP contribution in [0.5, 0.6) is 11.5 Å². The number of fused-ring (bicyclic) bond motifs is 1. The van der Waals surface area contributed by atoms with Crippen LogP contribution in [0.25, 0.3) is 11.3 Å². The molecule has 1 amide bonds. The fourth-order valence-corrected chi connectivity index (χ4v) is 3.68. The van der Waals surface area contributed by atoms with Gasteiger partial charge in [-0.05, 0) is 44.1 Å². The summed E-state index contributed by atoms with van der Waals surface area (Å²) in [4.78, 5) is 16.8. The molecule has 7 heteroatoms. The van der Waals surface area contributed by atoms with E-state index in [-0.39, 0.29) is 11.8 Å². The van der Waals surface area contributed by atoms with E-state index in [2.05, 4.69) is 15.6 Å². The third-order valence-electron chi connectivity index (χ3n) is 4.28. The highest BCUT2D eigenvalue weighted by Gasteiger charge is 2.22. The van der Waals surface area contributed by atoms with E-state index in [1.165, 1.54) is 11.3 Å². The van der Waals surface area contributed by atoms with E-state index < -0.39 is 0 Å². The van der Waals surface area contributed by atoms with Crippen molar-refractivity contribution >= 4 is 22.4 Å². The van der Waals surface area contributed by atoms with Crippen molar-refractivity contribution in [2.75, 3.05) is 31.6 Å². The molecule has 6 nitrogen and oxygen atoms in total. The van der Waals surface area contributed by atoms with Crippen LogP contribution in [-0.2, 0) is 4.79 Å². The Labute approximate surface area is 144 Å². The van der Waals surface area contributed by atoms with Gasteiger partial charge < -0.3 is 20.1 Å². The molecule has 1 fully saturated rings. The van der Waals surface area contributed by atoms with Gasteiger partial charge in [-0.25, -0.2) is 4.98 Å². The largest absolute Gasteiger partial charge is 0.486 e. The molecule has 2 aliphatic heterocycles. The molecule has 1 saturated heterocycles. The number of hydrogen-bond donors (Lipinski definition) is 2. The molecule has 0 radical (unpaired) electrons. The van der Waals surface area contributed by atoms with Gasteiger partial charge in [-0.2, -0.15) is 0 Å². The van der Waals surface area contributed by atoms with Crippen LogP contribution in [-0.4, -0.2) is 37.2 Å². The molecule has 3 heterocycles. The normalized spacial score (nSPS) is 17.5. The summed E-state index contributed by atoms with van der Waals surface area (Å²) in [6.07, 6.45) is 1.76. The lowest BCUT2D eigenvalue weighted by atomic mass is 9.97. The minimum Gasteiger partial charge on any atom is -0.486 e. The number of rotatable bonds is 3. The average molecular weight is 345 g/mol. The second-order valence-corrected chi connectivity index (χ2v) is 6.77. The topological polar surface area (TPSA) is 72.5 Å². The van der Waals surface area contributed by atoms with Gasteiger partial charge in [0.2, 0.25) is 5.91 Å². The van der Waals surface area contributed by atoms with E-state index >= 15 is 0 Å². The standard InChI is InChI=1S/C17H19N3O3S/c21-16(11-3-5-18-6-4-11)20-17-19-13(10-24-17)12-1-2-14-15(9-12)23-8-7-22-14/h1-2,9-11,18H,3-8H2,(H,19,20,21). The van der Waals surface area contributed by atoms with Crippen LogP contribution in [0.1, 0.15) is 12.8 Å². The Morgan fingerprint density at radius 1 is 1.21 bits per heavy atom. The number of nitrogens with zero attached hydrogens (tertiary/aromatic N) is 1. The van der Waals surface area contributed by atoms with E-state index in [0.29, 0.717) is 18.3 Å². The van der Waals surface area contributed by atoms with Crippen molar-refractivity contribution in [3.05, 3.63) is 23.6 Å². The summed E-state index contributed by atoms with van der Waals surface area (Å²) in [5.74, 6) is 1.65. The molecule has 2 aliphatic rings. The van der Waals surface area contributed by atoms with Gasteiger partial charge in [0.05, 0.1) is 5.69 Å². The maximum Gasteiger partial charge on any atom is 0.229 e. The highest BCUT2D eigenvalue weighted by molar-refractivity contribution is 7.14. The molecule has 0 saturated carbocycles. The number of amides is 1. The highest BCUT2D eigenvalue weighted by atomic mass is 32.1. The zero-order valence-corrected chi connectivity index (χ0v) is 14.0. The van der Waals surface area contributed by atoms with Gasteiger partial charge in [0.1, 0.15) is 13.2 Å². The fourth-order valence-electron chi connectivity index (χ4n) is 2.96. The van der Waals surface area contributed by atoms with Gasteiger partial charge in [-0.15, -0.1) is 11.3 Å². The molecule has 2 aromatic rings. The number of aromatic nitrogens is 1.